The van der Waals surface area contributed by atoms with Gasteiger partial charge in [-0.2, -0.15) is 0 Å². The number of carbonyl (C=O) groups excluding carboxylic acids is 1. The number of fused-ring (bicyclic) bond motifs is 1. The number of para-hydroxylation sites is 2. The lowest BCUT2D eigenvalue weighted by Gasteiger charge is -2.10. The molecular formula is C27H24N2O3. The molecule has 0 saturated carbocycles. The van der Waals surface area contributed by atoms with Crippen LogP contribution in [0.3, 0.4) is 0 Å². The second-order valence-electron chi connectivity index (χ2n) is 7.52. The average Bonchev–Trinajstić information content (AvgIpc) is 2.82. The molecule has 0 aliphatic rings. The summed E-state index contributed by atoms with van der Waals surface area (Å²) in [5.41, 5.74) is 5.86. The van der Waals surface area contributed by atoms with Crippen LogP contribution in [0.4, 0.5) is 0 Å². The maximum Gasteiger partial charge on any atom is 0.241 e. The standard InChI is InChI=1S/C27H24N2O3/c1-18-8-12-21(16-19(18)2)26(30)17-32-27-25(28-23-6-4-5-7-24(23)29-27)15-11-20-9-13-22(31-3)14-10-20/h4-16H,17H2,1-3H3/b15-11+. The molecule has 1 heterocycles. The van der Waals surface area contributed by atoms with Gasteiger partial charge in [-0.05, 0) is 66.9 Å². The van der Waals surface area contributed by atoms with Gasteiger partial charge >= 0.3 is 0 Å². The number of aryl methyl sites for hydroxylation is 2. The third-order valence-corrected chi connectivity index (χ3v) is 5.28. The van der Waals surface area contributed by atoms with E-state index in [1.807, 2.05) is 92.7 Å². The van der Waals surface area contributed by atoms with Gasteiger partial charge in [0.25, 0.3) is 0 Å². The third kappa shape index (κ3) is 4.83. The third-order valence-electron chi connectivity index (χ3n) is 5.28. The van der Waals surface area contributed by atoms with Gasteiger partial charge in [-0.1, -0.05) is 42.5 Å². The minimum atomic E-state index is -0.112. The number of benzene rings is 3. The minimum absolute atomic E-state index is 0.104. The van der Waals surface area contributed by atoms with Crippen molar-refractivity contribution in [1.82, 2.24) is 9.97 Å². The van der Waals surface area contributed by atoms with Crippen LogP contribution in [0.15, 0.2) is 66.7 Å². The molecule has 5 heteroatoms. The van der Waals surface area contributed by atoms with Crippen LogP contribution in [0.25, 0.3) is 23.2 Å². The van der Waals surface area contributed by atoms with Crippen LogP contribution in [0.5, 0.6) is 11.6 Å². The summed E-state index contributed by atoms with van der Waals surface area (Å²) in [4.78, 5) is 22.0. The van der Waals surface area contributed by atoms with E-state index in [0.29, 0.717) is 22.7 Å². The summed E-state index contributed by atoms with van der Waals surface area (Å²) in [6.45, 7) is 3.90. The summed E-state index contributed by atoms with van der Waals surface area (Å²) in [5.74, 6) is 1.01. The van der Waals surface area contributed by atoms with Crippen LogP contribution in [0, 0.1) is 13.8 Å². The topological polar surface area (TPSA) is 61.3 Å². The van der Waals surface area contributed by atoms with Crippen molar-refractivity contribution in [3.05, 3.63) is 94.7 Å². The highest BCUT2D eigenvalue weighted by Gasteiger charge is 2.12. The van der Waals surface area contributed by atoms with E-state index in [1.165, 1.54) is 0 Å². The second kappa shape index (κ2) is 9.43. The fraction of sp³-hybridized carbons (Fsp3) is 0.148. The molecule has 0 spiro atoms. The highest BCUT2D eigenvalue weighted by atomic mass is 16.5. The number of ether oxygens (including phenoxy) is 2. The Morgan fingerprint density at radius 2 is 1.59 bits per heavy atom. The molecule has 0 aliphatic heterocycles. The van der Waals surface area contributed by atoms with Gasteiger partial charge in [-0.3, -0.25) is 4.79 Å². The molecule has 0 aliphatic carbocycles. The zero-order valence-corrected chi connectivity index (χ0v) is 18.3. The molecule has 0 radical (unpaired) electrons. The zero-order chi connectivity index (χ0) is 22.5. The van der Waals surface area contributed by atoms with Crippen molar-refractivity contribution in [1.29, 1.82) is 0 Å². The second-order valence-corrected chi connectivity index (χ2v) is 7.52. The van der Waals surface area contributed by atoms with Gasteiger partial charge in [0.2, 0.25) is 5.88 Å². The SMILES string of the molecule is COc1ccc(/C=C/c2nc3ccccc3nc2OCC(=O)c2ccc(C)c(C)c2)cc1. The van der Waals surface area contributed by atoms with Crippen LogP contribution in [-0.2, 0) is 0 Å². The van der Waals surface area contributed by atoms with Crippen molar-refractivity contribution in [3.63, 3.8) is 0 Å². The molecule has 5 nitrogen and oxygen atoms in total. The fourth-order valence-electron chi connectivity index (χ4n) is 3.23. The maximum absolute atomic E-state index is 12.7. The lowest BCUT2D eigenvalue weighted by Crippen LogP contribution is -2.13. The molecule has 4 aromatic rings. The van der Waals surface area contributed by atoms with Crippen molar-refractivity contribution in [2.24, 2.45) is 0 Å². The van der Waals surface area contributed by atoms with Crippen molar-refractivity contribution in [2.45, 2.75) is 13.8 Å². The molecular weight excluding hydrogens is 400 g/mol. The van der Waals surface area contributed by atoms with E-state index in [1.54, 1.807) is 7.11 Å². The number of hydrogen-bond donors (Lipinski definition) is 0. The Bertz CT molecular complexity index is 1290. The Hall–Kier alpha value is -3.99. The van der Waals surface area contributed by atoms with Gasteiger partial charge in [-0.25, -0.2) is 9.97 Å². The van der Waals surface area contributed by atoms with E-state index in [4.69, 9.17) is 14.5 Å². The number of nitrogens with zero attached hydrogens (tertiary/aromatic N) is 2. The molecule has 0 saturated heterocycles. The summed E-state index contributed by atoms with van der Waals surface area (Å²) < 4.78 is 11.1. The molecule has 0 unspecified atom stereocenters. The molecule has 160 valence electrons. The molecule has 32 heavy (non-hydrogen) atoms. The molecule has 0 N–H and O–H groups in total. The average molecular weight is 425 g/mol. The van der Waals surface area contributed by atoms with E-state index in [-0.39, 0.29) is 12.4 Å². The van der Waals surface area contributed by atoms with Crippen LogP contribution in [0.2, 0.25) is 0 Å². The van der Waals surface area contributed by atoms with Gasteiger partial charge < -0.3 is 9.47 Å². The Morgan fingerprint density at radius 3 is 2.28 bits per heavy atom. The van der Waals surface area contributed by atoms with Crippen molar-refractivity contribution in [2.75, 3.05) is 13.7 Å². The Morgan fingerprint density at radius 1 is 0.875 bits per heavy atom. The zero-order valence-electron chi connectivity index (χ0n) is 18.3. The number of aromatic nitrogens is 2. The predicted molar refractivity (Wildman–Crippen MR) is 127 cm³/mol. The Labute approximate surface area is 187 Å². The minimum Gasteiger partial charge on any atom is -0.497 e. The Kier molecular flexibility index (Phi) is 6.26. The summed E-state index contributed by atoms with van der Waals surface area (Å²) in [5, 5.41) is 0. The Balaban J connectivity index is 1.60. The first-order chi connectivity index (χ1) is 15.5. The van der Waals surface area contributed by atoms with Crippen molar-refractivity contribution in [3.8, 4) is 11.6 Å². The summed E-state index contributed by atoms with van der Waals surface area (Å²) in [6.07, 6.45) is 3.77. The maximum atomic E-state index is 12.7. The first-order valence-electron chi connectivity index (χ1n) is 10.4. The fourth-order valence-corrected chi connectivity index (χ4v) is 3.23. The van der Waals surface area contributed by atoms with Gasteiger partial charge in [-0.15, -0.1) is 0 Å². The van der Waals surface area contributed by atoms with Crippen molar-refractivity contribution < 1.29 is 14.3 Å². The smallest absolute Gasteiger partial charge is 0.241 e. The van der Waals surface area contributed by atoms with E-state index < -0.39 is 0 Å². The van der Waals surface area contributed by atoms with E-state index in [2.05, 4.69) is 4.98 Å². The lowest BCUT2D eigenvalue weighted by molar-refractivity contribution is 0.0918. The number of carbonyl (C=O) groups is 1. The molecule has 0 atom stereocenters. The monoisotopic (exact) mass is 424 g/mol. The summed E-state index contributed by atoms with van der Waals surface area (Å²) in [7, 11) is 1.64. The van der Waals surface area contributed by atoms with Crippen molar-refractivity contribution >= 4 is 29.0 Å². The highest BCUT2D eigenvalue weighted by molar-refractivity contribution is 5.97. The lowest BCUT2D eigenvalue weighted by atomic mass is 10.0. The molecule has 0 fully saturated rings. The summed E-state index contributed by atoms with van der Waals surface area (Å²) in [6, 6.07) is 20.9. The summed E-state index contributed by atoms with van der Waals surface area (Å²) >= 11 is 0. The highest BCUT2D eigenvalue weighted by Crippen LogP contribution is 2.22. The normalized spacial score (nSPS) is 11.1. The van der Waals surface area contributed by atoms with Gasteiger partial charge in [0, 0.05) is 5.56 Å². The van der Waals surface area contributed by atoms with E-state index >= 15 is 0 Å². The van der Waals surface area contributed by atoms with Crippen LogP contribution < -0.4 is 9.47 Å². The molecule has 3 aromatic carbocycles. The molecule has 4 rings (SSSR count). The van der Waals surface area contributed by atoms with Crippen LogP contribution >= 0.6 is 0 Å². The number of Topliss-reactive ketones (excluding diaryl/α,β-unsaturated/α-hetero) is 1. The van der Waals surface area contributed by atoms with Crippen LogP contribution in [0.1, 0.15) is 32.7 Å². The quantitative estimate of drug-likeness (QED) is 0.357. The van der Waals surface area contributed by atoms with Gasteiger partial charge in [0.15, 0.2) is 12.4 Å². The van der Waals surface area contributed by atoms with Crippen LogP contribution in [-0.4, -0.2) is 29.5 Å². The molecule has 0 amide bonds. The molecule has 0 bridgehead atoms. The number of hydrogen-bond acceptors (Lipinski definition) is 5. The number of rotatable bonds is 7. The molecule has 1 aromatic heterocycles. The number of ketones is 1. The largest absolute Gasteiger partial charge is 0.497 e. The predicted octanol–water partition coefficient (Wildman–Crippen LogP) is 5.69. The van der Waals surface area contributed by atoms with Gasteiger partial charge in [0.1, 0.15) is 11.4 Å². The first-order valence-corrected chi connectivity index (χ1v) is 10.4. The first kappa shape index (κ1) is 21.2. The van der Waals surface area contributed by atoms with Gasteiger partial charge in [0.05, 0.1) is 18.1 Å². The van der Waals surface area contributed by atoms with E-state index in [9.17, 15) is 4.79 Å². The number of methoxy groups -OCH3 is 1. The van der Waals surface area contributed by atoms with E-state index in [0.717, 1.165) is 28.0 Å².